The summed E-state index contributed by atoms with van der Waals surface area (Å²) >= 11 is 0. The van der Waals surface area contributed by atoms with Gasteiger partial charge in [-0.05, 0) is 96.5 Å². The van der Waals surface area contributed by atoms with Crippen molar-refractivity contribution >= 4 is 51.7 Å². The smallest absolute Gasteiger partial charge is 0.258 e. The van der Waals surface area contributed by atoms with Crippen LogP contribution in [0, 0.1) is 11.6 Å². The molecule has 0 radical (unpaired) electrons. The maximum atomic E-state index is 14.0. The number of H-pyrrole nitrogens is 1. The molecule has 13 nitrogen and oxygen atoms in total. The van der Waals surface area contributed by atoms with Gasteiger partial charge < -0.3 is 25.2 Å². The minimum absolute atomic E-state index is 0.141. The fraction of sp³-hybridized carbons (Fsp3) is 0.341. The zero-order valence-corrected chi connectivity index (χ0v) is 32.4. The fourth-order valence-electron chi connectivity index (χ4n) is 8.65. The topological polar surface area (TPSA) is 152 Å². The van der Waals surface area contributed by atoms with Gasteiger partial charge in [-0.25, -0.2) is 8.78 Å². The van der Waals surface area contributed by atoms with Crippen molar-refractivity contribution in [3.63, 3.8) is 0 Å². The van der Waals surface area contributed by atoms with E-state index in [1.165, 1.54) is 12.1 Å². The van der Waals surface area contributed by atoms with Crippen molar-refractivity contribution < 1.29 is 32.7 Å². The SMILES string of the molecule is O=C1CCC(N2Cc3cc(CN4CCN(c5ccc(C(=O)Nc6n[nH]c7ccc(Cc8cc(F)cc(F)c8)cc67)c(NC6CCOCC6)c5)CC4)ccc3C2=O)C(=O)N1. The number of hydrogen-bond donors (Lipinski definition) is 4. The molecule has 4 aliphatic heterocycles. The largest absolute Gasteiger partial charge is 0.381 e. The predicted octanol–water partition coefficient (Wildman–Crippen LogP) is 5.36. The van der Waals surface area contributed by atoms with E-state index < -0.39 is 23.6 Å². The monoisotopic (exact) mass is 802 g/mol. The first-order valence-corrected chi connectivity index (χ1v) is 20.1. The maximum absolute atomic E-state index is 14.0. The second-order valence-electron chi connectivity index (χ2n) is 15.8. The lowest BCUT2D eigenvalue weighted by Crippen LogP contribution is -2.52. The molecule has 0 aliphatic carbocycles. The second-order valence-corrected chi connectivity index (χ2v) is 15.8. The standard InChI is InChI=1S/C44H44F2N8O5/c45-30-19-28(20-31(46)22-30)17-26-2-6-37-36(21-26)41(51-50-37)49-42(56)35-5-3-33(23-38(35)47-32-9-15-59-16-10-32)53-13-11-52(12-14-53)24-27-1-4-34-29(18-27)25-54(44(34)58)39-7-8-40(55)48-43(39)57/h1-6,18-23,32,39,47H,7-17,24-25H2,(H,48,55,57)(H2,49,50,51,56). The van der Waals surface area contributed by atoms with Gasteiger partial charge in [0.2, 0.25) is 11.8 Å². The number of hydrogen-bond acceptors (Lipinski definition) is 9. The number of carbonyl (C=O) groups is 4. The minimum Gasteiger partial charge on any atom is -0.381 e. The molecule has 9 rings (SSSR count). The molecule has 3 saturated heterocycles. The van der Waals surface area contributed by atoms with Crippen molar-refractivity contribution in [2.24, 2.45) is 0 Å². The zero-order chi connectivity index (χ0) is 40.6. The number of anilines is 3. The van der Waals surface area contributed by atoms with Crippen molar-refractivity contribution in [2.45, 2.75) is 57.3 Å². The third-order valence-corrected chi connectivity index (χ3v) is 11.8. The molecule has 4 aromatic carbocycles. The minimum atomic E-state index is -0.639. The maximum Gasteiger partial charge on any atom is 0.258 e. The number of fused-ring (bicyclic) bond motifs is 2. The Hall–Kier alpha value is -6.19. The number of benzene rings is 4. The number of nitrogens with zero attached hydrogens (tertiary/aromatic N) is 4. The first-order valence-electron chi connectivity index (χ1n) is 20.1. The summed E-state index contributed by atoms with van der Waals surface area (Å²) in [5.41, 5.74) is 6.83. The Bertz CT molecular complexity index is 2440. The van der Waals surface area contributed by atoms with Gasteiger partial charge in [0, 0.05) is 93.3 Å². The molecule has 1 aromatic heterocycles. The number of aromatic nitrogens is 2. The van der Waals surface area contributed by atoms with Crippen LogP contribution in [0.25, 0.3) is 10.9 Å². The van der Waals surface area contributed by atoms with E-state index >= 15 is 0 Å². The van der Waals surface area contributed by atoms with Gasteiger partial charge in [0.25, 0.3) is 11.8 Å². The lowest BCUT2D eigenvalue weighted by atomic mass is 10.0. The third-order valence-electron chi connectivity index (χ3n) is 11.8. The van der Waals surface area contributed by atoms with Crippen LogP contribution in [0.2, 0.25) is 0 Å². The molecule has 4 N–H and O–H groups in total. The second kappa shape index (κ2) is 16.2. The highest BCUT2D eigenvalue weighted by Crippen LogP contribution is 2.31. The van der Waals surface area contributed by atoms with Crippen LogP contribution in [0.15, 0.2) is 72.8 Å². The number of carbonyl (C=O) groups excluding carboxylic acids is 4. The van der Waals surface area contributed by atoms with Crippen LogP contribution in [0.5, 0.6) is 0 Å². The van der Waals surface area contributed by atoms with Gasteiger partial charge in [0.1, 0.15) is 17.7 Å². The van der Waals surface area contributed by atoms with Crippen LogP contribution >= 0.6 is 0 Å². The highest BCUT2D eigenvalue weighted by molar-refractivity contribution is 6.11. The van der Waals surface area contributed by atoms with Crippen molar-refractivity contribution in [3.05, 3.63) is 118 Å². The van der Waals surface area contributed by atoms with E-state index in [2.05, 4.69) is 42.0 Å². The highest BCUT2D eigenvalue weighted by Gasteiger charge is 2.39. The van der Waals surface area contributed by atoms with Crippen LogP contribution < -0.4 is 20.9 Å². The Balaban J connectivity index is 0.869. The van der Waals surface area contributed by atoms with Crippen LogP contribution in [0.4, 0.5) is 26.0 Å². The molecule has 304 valence electrons. The molecule has 1 unspecified atom stereocenters. The van der Waals surface area contributed by atoms with Crippen molar-refractivity contribution in [2.75, 3.05) is 54.9 Å². The number of aromatic amines is 1. The van der Waals surface area contributed by atoms with E-state index in [4.69, 9.17) is 4.74 Å². The van der Waals surface area contributed by atoms with Crippen molar-refractivity contribution in [3.8, 4) is 0 Å². The van der Waals surface area contributed by atoms with E-state index in [1.807, 2.05) is 48.5 Å². The number of ether oxygens (including phenoxy) is 1. The summed E-state index contributed by atoms with van der Waals surface area (Å²) in [6, 6.07) is 20.3. The molecular formula is C44H44F2N8O5. The highest BCUT2D eigenvalue weighted by atomic mass is 19.1. The Morgan fingerprint density at radius 2 is 1.63 bits per heavy atom. The predicted molar refractivity (Wildman–Crippen MR) is 217 cm³/mol. The number of piperazine rings is 1. The van der Waals surface area contributed by atoms with Gasteiger partial charge in [0.15, 0.2) is 5.82 Å². The van der Waals surface area contributed by atoms with Crippen LogP contribution in [-0.4, -0.2) is 95.1 Å². The van der Waals surface area contributed by atoms with Crippen LogP contribution in [0.1, 0.15) is 68.7 Å². The molecule has 59 heavy (non-hydrogen) atoms. The molecule has 0 saturated carbocycles. The Kier molecular flexibility index (Phi) is 10.5. The Labute approximate surface area is 339 Å². The van der Waals surface area contributed by atoms with Gasteiger partial charge in [-0.2, -0.15) is 5.10 Å². The first-order chi connectivity index (χ1) is 28.6. The summed E-state index contributed by atoms with van der Waals surface area (Å²) in [6.45, 7) is 5.53. The van der Waals surface area contributed by atoms with Gasteiger partial charge in [-0.1, -0.05) is 18.2 Å². The van der Waals surface area contributed by atoms with Crippen LogP contribution in [-0.2, 0) is 33.8 Å². The molecule has 1 atom stereocenters. The summed E-state index contributed by atoms with van der Waals surface area (Å²) < 4.78 is 33.3. The molecule has 0 bridgehead atoms. The quantitative estimate of drug-likeness (QED) is 0.137. The van der Waals surface area contributed by atoms with Crippen molar-refractivity contribution in [1.29, 1.82) is 0 Å². The Morgan fingerprint density at radius 1 is 0.847 bits per heavy atom. The van der Waals surface area contributed by atoms with Crippen LogP contribution in [0.3, 0.4) is 0 Å². The summed E-state index contributed by atoms with van der Waals surface area (Å²) in [4.78, 5) is 57.6. The average Bonchev–Trinajstić information content (AvgIpc) is 3.77. The molecule has 15 heteroatoms. The van der Waals surface area contributed by atoms with E-state index in [0.717, 1.165) is 79.7 Å². The summed E-state index contributed by atoms with van der Waals surface area (Å²) in [5.74, 6) is -2.12. The molecule has 4 aliphatic rings. The molecule has 5 aromatic rings. The van der Waals surface area contributed by atoms with Gasteiger partial charge in [-0.3, -0.25) is 34.5 Å². The molecule has 4 amide bonds. The lowest BCUT2D eigenvalue weighted by Gasteiger charge is -2.36. The zero-order valence-electron chi connectivity index (χ0n) is 32.4. The summed E-state index contributed by atoms with van der Waals surface area (Å²) in [7, 11) is 0. The van der Waals surface area contributed by atoms with E-state index in [1.54, 1.807) is 4.90 Å². The van der Waals surface area contributed by atoms with Gasteiger partial charge in [0.05, 0.1) is 11.1 Å². The average molecular weight is 803 g/mol. The summed E-state index contributed by atoms with van der Waals surface area (Å²) in [6.07, 6.45) is 2.50. The van der Waals surface area contributed by atoms with Crippen molar-refractivity contribution in [1.82, 2.24) is 25.3 Å². The van der Waals surface area contributed by atoms with E-state index in [-0.39, 0.29) is 30.2 Å². The summed E-state index contributed by atoms with van der Waals surface area (Å²) in [5, 5.41) is 17.0. The Morgan fingerprint density at radius 3 is 2.41 bits per heavy atom. The molecule has 3 fully saturated rings. The fourth-order valence-corrected chi connectivity index (χ4v) is 8.65. The van der Waals surface area contributed by atoms with Gasteiger partial charge in [-0.15, -0.1) is 0 Å². The number of piperidine rings is 1. The van der Waals surface area contributed by atoms with Gasteiger partial charge >= 0.3 is 0 Å². The number of nitrogens with one attached hydrogen (secondary N) is 4. The number of imide groups is 1. The lowest BCUT2D eigenvalue weighted by molar-refractivity contribution is -0.136. The van der Waals surface area contributed by atoms with E-state index in [9.17, 15) is 28.0 Å². The molecule has 0 spiro atoms. The first kappa shape index (κ1) is 38.3. The number of rotatable bonds is 10. The van der Waals surface area contributed by atoms with E-state index in [0.29, 0.717) is 66.0 Å². The normalized spacial score (nSPS) is 18.9. The molecular weight excluding hydrogens is 759 g/mol. The number of halogens is 2. The molecule has 5 heterocycles. The third kappa shape index (κ3) is 8.25. The number of amides is 4.